The Balaban J connectivity index is 2.35. The molecule has 1 saturated heterocycles. The van der Waals surface area contributed by atoms with Gasteiger partial charge in [-0.3, -0.25) is 14.5 Å². The van der Waals surface area contributed by atoms with Crippen molar-refractivity contribution < 1.29 is 19.4 Å². The number of methoxy groups -OCH3 is 1. The van der Waals surface area contributed by atoms with E-state index in [2.05, 4.69) is 15.9 Å². The second-order valence-corrected chi connectivity index (χ2v) is 6.23. The standard InChI is InChI=1S/C14H14BrNO4S/c1-3-4-16-13(18)11(21-14(16)19)7-8-5-9(15)12(17)10(6-8)20-2/h5-7,17H,3-4H2,1-2H3/b11-7-. The van der Waals surface area contributed by atoms with Gasteiger partial charge in [0.05, 0.1) is 16.5 Å². The van der Waals surface area contributed by atoms with Gasteiger partial charge in [0.1, 0.15) is 0 Å². The zero-order chi connectivity index (χ0) is 15.6. The van der Waals surface area contributed by atoms with Gasteiger partial charge in [0.2, 0.25) is 0 Å². The number of imide groups is 1. The van der Waals surface area contributed by atoms with Gasteiger partial charge in [-0.15, -0.1) is 0 Å². The largest absolute Gasteiger partial charge is 0.503 e. The lowest BCUT2D eigenvalue weighted by molar-refractivity contribution is -0.122. The molecule has 1 N–H and O–H groups in total. The van der Waals surface area contributed by atoms with Crippen LogP contribution in [0.15, 0.2) is 21.5 Å². The summed E-state index contributed by atoms with van der Waals surface area (Å²) in [6, 6.07) is 3.26. The van der Waals surface area contributed by atoms with Crippen LogP contribution in [0.2, 0.25) is 0 Å². The zero-order valence-electron chi connectivity index (χ0n) is 11.6. The molecule has 1 aromatic carbocycles. The highest BCUT2D eigenvalue weighted by Gasteiger charge is 2.34. The molecule has 2 rings (SSSR count). The molecule has 1 aliphatic rings. The number of hydrogen-bond donors (Lipinski definition) is 1. The predicted octanol–water partition coefficient (Wildman–Crippen LogP) is 3.61. The van der Waals surface area contributed by atoms with Crippen molar-refractivity contribution in [3.05, 3.63) is 27.1 Å². The molecule has 0 atom stereocenters. The fourth-order valence-electron chi connectivity index (χ4n) is 1.90. The van der Waals surface area contributed by atoms with Gasteiger partial charge in [-0.05, 0) is 57.9 Å². The van der Waals surface area contributed by atoms with Crippen LogP contribution in [0.1, 0.15) is 18.9 Å². The van der Waals surface area contributed by atoms with E-state index in [1.165, 1.54) is 12.0 Å². The van der Waals surface area contributed by atoms with E-state index >= 15 is 0 Å². The van der Waals surface area contributed by atoms with Crippen molar-refractivity contribution in [2.45, 2.75) is 13.3 Å². The minimum atomic E-state index is -0.282. The Morgan fingerprint density at radius 3 is 2.76 bits per heavy atom. The Kier molecular flexibility index (Phi) is 4.95. The molecule has 0 bridgehead atoms. The summed E-state index contributed by atoms with van der Waals surface area (Å²) in [5, 5.41) is 9.51. The molecule has 1 aromatic rings. The molecule has 1 aliphatic heterocycles. The van der Waals surface area contributed by atoms with Crippen LogP contribution in [-0.2, 0) is 4.79 Å². The number of phenols is 1. The molecule has 0 aliphatic carbocycles. The number of hydrogen-bond acceptors (Lipinski definition) is 5. The first kappa shape index (κ1) is 15.9. The van der Waals surface area contributed by atoms with E-state index in [0.717, 1.165) is 18.2 Å². The van der Waals surface area contributed by atoms with Gasteiger partial charge in [0.15, 0.2) is 11.5 Å². The second-order valence-electron chi connectivity index (χ2n) is 4.39. The van der Waals surface area contributed by atoms with Gasteiger partial charge in [-0.1, -0.05) is 6.92 Å². The molecule has 0 spiro atoms. The molecule has 0 unspecified atom stereocenters. The SMILES string of the molecule is CCCN1C(=O)S/C(=C\c2cc(Br)c(O)c(OC)c2)C1=O. The summed E-state index contributed by atoms with van der Waals surface area (Å²) in [6.45, 7) is 2.33. The predicted molar refractivity (Wildman–Crippen MR) is 85.3 cm³/mol. The number of thioether (sulfide) groups is 1. The Morgan fingerprint density at radius 2 is 2.14 bits per heavy atom. The molecular formula is C14H14BrNO4S. The number of rotatable bonds is 4. The van der Waals surface area contributed by atoms with E-state index in [4.69, 9.17) is 4.74 Å². The first-order valence-electron chi connectivity index (χ1n) is 6.29. The van der Waals surface area contributed by atoms with Gasteiger partial charge in [-0.25, -0.2) is 0 Å². The van der Waals surface area contributed by atoms with Crippen LogP contribution in [-0.4, -0.2) is 34.8 Å². The lowest BCUT2D eigenvalue weighted by Gasteiger charge is -2.09. The smallest absolute Gasteiger partial charge is 0.293 e. The van der Waals surface area contributed by atoms with Crippen LogP contribution in [0.25, 0.3) is 6.08 Å². The number of nitrogens with zero attached hydrogens (tertiary/aromatic N) is 1. The first-order valence-corrected chi connectivity index (χ1v) is 7.90. The highest BCUT2D eigenvalue weighted by Crippen LogP contribution is 2.38. The van der Waals surface area contributed by atoms with Crippen molar-refractivity contribution in [3.63, 3.8) is 0 Å². The summed E-state index contributed by atoms with van der Waals surface area (Å²) >= 11 is 4.14. The van der Waals surface area contributed by atoms with Crippen LogP contribution in [0.4, 0.5) is 4.79 Å². The molecule has 21 heavy (non-hydrogen) atoms. The number of amides is 2. The Hall–Kier alpha value is -1.47. The van der Waals surface area contributed by atoms with E-state index in [9.17, 15) is 14.7 Å². The number of benzene rings is 1. The van der Waals surface area contributed by atoms with Gasteiger partial charge in [0.25, 0.3) is 11.1 Å². The number of halogens is 1. The maximum atomic E-state index is 12.1. The average molecular weight is 372 g/mol. The lowest BCUT2D eigenvalue weighted by atomic mass is 10.2. The third-order valence-corrected chi connectivity index (χ3v) is 4.40. The fraction of sp³-hybridized carbons (Fsp3) is 0.286. The van der Waals surface area contributed by atoms with Crippen molar-refractivity contribution in [2.75, 3.05) is 13.7 Å². The summed E-state index contributed by atoms with van der Waals surface area (Å²) in [5.41, 5.74) is 0.665. The highest BCUT2D eigenvalue weighted by molar-refractivity contribution is 9.10. The van der Waals surface area contributed by atoms with Crippen molar-refractivity contribution in [2.24, 2.45) is 0 Å². The summed E-state index contributed by atoms with van der Waals surface area (Å²) in [6.07, 6.45) is 2.34. The van der Waals surface area contributed by atoms with Crippen LogP contribution < -0.4 is 4.74 Å². The van der Waals surface area contributed by atoms with Crippen LogP contribution >= 0.6 is 27.7 Å². The minimum Gasteiger partial charge on any atom is -0.503 e. The maximum absolute atomic E-state index is 12.1. The van der Waals surface area contributed by atoms with E-state index in [0.29, 0.717) is 27.2 Å². The molecule has 0 aromatic heterocycles. The topological polar surface area (TPSA) is 66.8 Å². The van der Waals surface area contributed by atoms with Crippen molar-refractivity contribution in [1.82, 2.24) is 4.90 Å². The van der Waals surface area contributed by atoms with Crippen molar-refractivity contribution in [1.29, 1.82) is 0 Å². The zero-order valence-corrected chi connectivity index (χ0v) is 14.0. The molecule has 5 nitrogen and oxygen atoms in total. The van der Waals surface area contributed by atoms with E-state index in [1.54, 1.807) is 18.2 Å². The number of ether oxygens (including phenoxy) is 1. The lowest BCUT2D eigenvalue weighted by Crippen LogP contribution is -2.28. The van der Waals surface area contributed by atoms with Gasteiger partial charge in [0, 0.05) is 6.54 Å². The van der Waals surface area contributed by atoms with Crippen molar-refractivity contribution in [3.8, 4) is 11.5 Å². The highest BCUT2D eigenvalue weighted by atomic mass is 79.9. The third kappa shape index (κ3) is 3.24. The molecule has 0 saturated carbocycles. The van der Waals surface area contributed by atoms with Crippen molar-refractivity contribution >= 4 is 44.9 Å². The second kappa shape index (κ2) is 6.53. The minimum absolute atomic E-state index is 0.00580. The van der Waals surface area contributed by atoms with E-state index in [-0.39, 0.29) is 16.9 Å². The number of aromatic hydroxyl groups is 1. The summed E-state index contributed by atoms with van der Waals surface area (Å²) in [4.78, 5) is 25.5. The average Bonchev–Trinajstić information content (AvgIpc) is 2.70. The monoisotopic (exact) mass is 371 g/mol. The van der Waals surface area contributed by atoms with Crippen LogP contribution in [0, 0.1) is 0 Å². The number of carbonyl (C=O) groups excluding carboxylic acids is 2. The molecule has 112 valence electrons. The molecule has 1 heterocycles. The number of carbonyl (C=O) groups is 2. The van der Waals surface area contributed by atoms with Crippen LogP contribution in [0.5, 0.6) is 11.5 Å². The fourth-order valence-corrected chi connectivity index (χ4v) is 3.23. The Bertz CT molecular complexity index is 630. The summed E-state index contributed by atoms with van der Waals surface area (Å²) in [5.74, 6) is 0.00663. The Morgan fingerprint density at radius 1 is 1.43 bits per heavy atom. The molecular weight excluding hydrogens is 358 g/mol. The summed E-state index contributed by atoms with van der Waals surface area (Å²) in [7, 11) is 1.44. The van der Waals surface area contributed by atoms with E-state index < -0.39 is 0 Å². The summed E-state index contributed by atoms with van der Waals surface area (Å²) < 4.78 is 5.52. The van der Waals surface area contributed by atoms with Gasteiger partial charge < -0.3 is 9.84 Å². The van der Waals surface area contributed by atoms with Crippen LogP contribution in [0.3, 0.4) is 0 Å². The quantitative estimate of drug-likeness (QED) is 0.818. The molecule has 1 fully saturated rings. The maximum Gasteiger partial charge on any atom is 0.293 e. The normalized spacial score (nSPS) is 16.9. The first-order chi connectivity index (χ1) is 9.97. The Labute approximate surface area is 135 Å². The number of phenolic OH excluding ortho intramolecular Hbond substituents is 1. The molecule has 2 amide bonds. The molecule has 7 heteroatoms. The van der Waals surface area contributed by atoms with Gasteiger partial charge >= 0.3 is 0 Å². The van der Waals surface area contributed by atoms with E-state index in [1.807, 2.05) is 6.92 Å². The third-order valence-electron chi connectivity index (χ3n) is 2.89. The van der Waals surface area contributed by atoms with Gasteiger partial charge in [-0.2, -0.15) is 0 Å². The molecule has 0 radical (unpaired) electrons.